The lowest BCUT2D eigenvalue weighted by atomic mass is 10.3. The molecule has 0 saturated carbocycles. The fourth-order valence-corrected chi connectivity index (χ4v) is 1.04. The summed E-state index contributed by atoms with van der Waals surface area (Å²) in [6, 6.07) is 0. The second kappa shape index (κ2) is 5.26. The first-order chi connectivity index (χ1) is 7.80. The zero-order chi connectivity index (χ0) is 13.1. The van der Waals surface area contributed by atoms with Crippen LogP contribution in [0.2, 0.25) is 0 Å². The smallest absolute Gasteiger partial charge is 0.377 e. The van der Waals surface area contributed by atoms with Crippen molar-refractivity contribution in [3.8, 4) is 0 Å². The molecule has 0 saturated heterocycles. The minimum absolute atomic E-state index is 0.0230. The third-order valence-electron chi connectivity index (χ3n) is 1.80. The number of ether oxygens (including phenoxy) is 1. The first-order valence-corrected chi connectivity index (χ1v) is 4.94. The van der Waals surface area contributed by atoms with E-state index in [0.717, 1.165) is 10.9 Å². The Balaban J connectivity index is 2.57. The van der Waals surface area contributed by atoms with Gasteiger partial charge in [-0.05, 0) is 13.8 Å². The molecule has 17 heavy (non-hydrogen) atoms. The lowest BCUT2D eigenvalue weighted by Crippen LogP contribution is -2.23. The second-order valence-electron chi connectivity index (χ2n) is 3.61. The van der Waals surface area contributed by atoms with Gasteiger partial charge in [0.2, 0.25) is 0 Å². The molecule has 1 rings (SSSR count). The van der Waals surface area contributed by atoms with E-state index in [1.165, 1.54) is 0 Å². The SMILES string of the molecule is CC(C)OCCn1cc(C(=O)C(F)(F)F)nn1. The number of halogens is 3. The van der Waals surface area contributed by atoms with Crippen LogP contribution >= 0.6 is 0 Å². The van der Waals surface area contributed by atoms with Crippen molar-refractivity contribution >= 4 is 5.78 Å². The van der Waals surface area contributed by atoms with E-state index in [9.17, 15) is 18.0 Å². The van der Waals surface area contributed by atoms with Crippen LogP contribution in [-0.4, -0.2) is 39.7 Å². The largest absolute Gasteiger partial charge is 0.456 e. The predicted octanol–water partition coefficient (Wildman–Crippen LogP) is 1.45. The van der Waals surface area contributed by atoms with Crippen LogP contribution in [0.25, 0.3) is 0 Å². The molecule has 96 valence electrons. The standard InChI is InChI=1S/C9H12F3N3O2/c1-6(2)17-4-3-15-5-7(13-14-15)8(16)9(10,11)12/h5-6H,3-4H2,1-2H3. The van der Waals surface area contributed by atoms with Crippen LogP contribution in [0.5, 0.6) is 0 Å². The van der Waals surface area contributed by atoms with Crippen LogP contribution in [0.4, 0.5) is 13.2 Å². The van der Waals surface area contributed by atoms with Crippen LogP contribution in [0.15, 0.2) is 6.20 Å². The van der Waals surface area contributed by atoms with Gasteiger partial charge in [0.15, 0.2) is 5.69 Å². The molecule has 0 amide bonds. The molecule has 0 aliphatic carbocycles. The van der Waals surface area contributed by atoms with E-state index in [-0.39, 0.29) is 12.6 Å². The van der Waals surface area contributed by atoms with Crippen molar-refractivity contribution in [3.63, 3.8) is 0 Å². The molecule has 1 heterocycles. The minimum Gasteiger partial charge on any atom is -0.377 e. The number of carbonyl (C=O) groups is 1. The van der Waals surface area contributed by atoms with Gasteiger partial charge in [0.05, 0.1) is 25.5 Å². The third kappa shape index (κ3) is 4.14. The molecule has 5 nitrogen and oxygen atoms in total. The summed E-state index contributed by atoms with van der Waals surface area (Å²) in [5.74, 6) is -1.99. The molecule has 0 radical (unpaired) electrons. The van der Waals surface area contributed by atoms with Gasteiger partial charge in [-0.25, -0.2) is 4.68 Å². The van der Waals surface area contributed by atoms with Gasteiger partial charge < -0.3 is 4.74 Å². The number of rotatable bonds is 5. The van der Waals surface area contributed by atoms with Crippen LogP contribution in [0, 0.1) is 0 Å². The molecule has 1 aromatic rings. The van der Waals surface area contributed by atoms with Crippen molar-refractivity contribution in [1.82, 2.24) is 15.0 Å². The van der Waals surface area contributed by atoms with Gasteiger partial charge in [0, 0.05) is 0 Å². The van der Waals surface area contributed by atoms with E-state index in [1.807, 2.05) is 13.8 Å². The average Bonchev–Trinajstić information content (AvgIpc) is 2.63. The normalized spacial score (nSPS) is 12.1. The van der Waals surface area contributed by atoms with Crippen molar-refractivity contribution < 1.29 is 22.7 Å². The maximum atomic E-state index is 12.1. The zero-order valence-corrected chi connectivity index (χ0v) is 9.36. The molecule has 8 heteroatoms. The van der Waals surface area contributed by atoms with Gasteiger partial charge in [-0.15, -0.1) is 5.10 Å². The molecule has 1 aromatic heterocycles. The van der Waals surface area contributed by atoms with Gasteiger partial charge >= 0.3 is 6.18 Å². The molecule has 0 spiro atoms. The maximum Gasteiger partial charge on any atom is 0.456 e. The fraction of sp³-hybridized carbons (Fsp3) is 0.667. The van der Waals surface area contributed by atoms with Gasteiger partial charge in [0.1, 0.15) is 0 Å². The lowest BCUT2D eigenvalue weighted by Gasteiger charge is -2.06. The van der Waals surface area contributed by atoms with E-state index < -0.39 is 17.7 Å². The zero-order valence-electron chi connectivity index (χ0n) is 9.36. The number of hydrogen-bond acceptors (Lipinski definition) is 4. The van der Waals surface area contributed by atoms with Crippen molar-refractivity contribution in [2.45, 2.75) is 32.7 Å². The van der Waals surface area contributed by atoms with Gasteiger partial charge in [-0.1, -0.05) is 5.21 Å². The molecular weight excluding hydrogens is 239 g/mol. The van der Waals surface area contributed by atoms with E-state index >= 15 is 0 Å². The highest BCUT2D eigenvalue weighted by Gasteiger charge is 2.41. The van der Waals surface area contributed by atoms with Gasteiger partial charge in [0.25, 0.3) is 5.78 Å². The van der Waals surface area contributed by atoms with Gasteiger partial charge in [-0.3, -0.25) is 4.79 Å². The molecule has 0 atom stereocenters. The second-order valence-corrected chi connectivity index (χ2v) is 3.61. The fourth-order valence-electron chi connectivity index (χ4n) is 1.04. The summed E-state index contributed by atoms with van der Waals surface area (Å²) in [6.07, 6.45) is -3.94. The summed E-state index contributed by atoms with van der Waals surface area (Å²) < 4.78 is 42.5. The maximum absolute atomic E-state index is 12.1. The quantitative estimate of drug-likeness (QED) is 0.743. The Bertz CT molecular complexity index is 387. The van der Waals surface area contributed by atoms with E-state index in [2.05, 4.69) is 10.3 Å². The summed E-state index contributed by atoms with van der Waals surface area (Å²) in [5.41, 5.74) is -0.706. The Morgan fingerprint density at radius 2 is 2.18 bits per heavy atom. The highest BCUT2D eigenvalue weighted by molar-refractivity contribution is 5.98. The summed E-state index contributed by atoms with van der Waals surface area (Å²) in [5, 5.41) is 6.58. The molecule has 0 unspecified atom stereocenters. The van der Waals surface area contributed by atoms with Crippen molar-refractivity contribution in [1.29, 1.82) is 0 Å². The molecule has 0 aliphatic rings. The van der Waals surface area contributed by atoms with Crippen molar-refractivity contribution in [2.24, 2.45) is 0 Å². The highest BCUT2D eigenvalue weighted by atomic mass is 19.4. The third-order valence-corrected chi connectivity index (χ3v) is 1.80. The van der Waals surface area contributed by atoms with Crippen molar-refractivity contribution in [3.05, 3.63) is 11.9 Å². The Morgan fingerprint density at radius 1 is 1.53 bits per heavy atom. The summed E-state index contributed by atoms with van der Waals surface area (Å²) in [6.45, 7) is 4.21. The molecule has 0 aromatic carbocycles. The molecular formula is C9H12F3N3O2. The van der Waals surface area contributed by atoms with Gasteiger partial charge in [-0.2, -0.15) is 13.2 Å². The summed E-state index contributed by atoms with van der Waals surface area (Å²) in [7, 11) is 0. The Hall–Kier alpha value is -1.44. The molecule has 0 bridgehead atoms. The minimum atomic E-state index is -4.92. The Morgan fingerprint density at radius 3 is 2.71 bits per heavy atom. The first-order valence-electron chi connectivity index (χ1n) is 4.94. The lowest BCUT2D eigenvalue weighted by molar-refractivity contribution is -0.0888. The molecule has 0 N–H and O–H groups in total. The molecule has 0 fully saturated rings. The monoisotopic (exact) mass is 251 g/mol. The van der Waals surface area contributed by atoms with E-state index in [1.54, 1.807) is 0 Å². The average molecular weight is 251 g/mol. The Labute approximate surface area is 95.6 Å². The van der Waals surface area contributed by atoms with E-state index in [0.29, 0.717) is 6.61 Å². The van der Waals surface area contributed by atoms with Crippen LogP contribution in [-0.2, 0) is 11.3 Å². The number of hydrogen-bond donors (Lipinski definition) is 0. The summed E-state index contributed by atoms with van der Waals surface area (Å²) >= 11 is 0. The predicted molar refractivity (Wildman–Crippen MR) is 51.5 cm³/mol. The number of carbonyl (C=O) groups excluding carboxylic acids is 1. The number of nitrogens with zero attached hydrogens (tertiary/aromatic N) is 3. The molecule has 0 aliphatic heterocycles. The number of Topliss-reactive ketones (excluding diaryl/α,β-unsaturated/α-hetero) is 1. The number of aromatic nitrogens is 3. The van der Waals surface area contributed by atoms with E-state index in [4.69, 9.17) is 4.74 Å². The number of ketones is 1. The van der Waals surface area contributed by atoms with Crippen LogP contribution in [0.3, 0.4) is 0 Å². The van der Waals surface area contributed by atoms with Crippen LogP contribution in [0.1, 0.15) is 24.3 Å². The van der Waals surface area contributed by atoms with Crippen LogP contribution < -0.4 is 0 Å². The number of alkyl halides is 3. The summed E-state index contributed by atoms with van der Waals surface area (Å²) in [4.78, 5) is 10.8. The highest BCUT2D eigenvalue weighted by Crippen LogP contribution is 2.19. The first kappa shape index (κ1) is 13.6. The van der Waals surface area contributed by atoms with Crippen molar-refractivity contribution in [2.75, 3.05) is 6.61 Å². The topological polar surface area (TPSA) is 57.0 Å². The Kier molecular flexibility index (Phi) is 4.22.